The molecular weight excluding hydrogens is 174 g/mol. The fourth-order valence-electron chi connectivity index (χ4n) is 2.49. The lowest BCUT2D eigenvalue weighted by atomic mass is 9.91. The normalized spacial score (nSPS) is 29.8. The summed E-state index contributed by atoms with van der Waals surface area (Å²) in [7, 11) is 2.05. The summed E-state index contributed by atoms with van der Waals surface area (Å²) >= 11 is 0. The van der Waals surface area contributed by atoms with Gasteiger partial charge >= 0.3 is 0 Å². The molecule has 2 nitrogen and oxygen atoms in total. The lowest BCUT2D eigenvalue weighted by Gasteiger charge is -2.27. The molecule has 3 atom stereocenters. The van der Waals surface area contributed by atoms with Crippen LogP contribution >= 0.6 is 0 Å². The Labute approximate surface area is 88.4 Å². The molecule has 0 aromatic rings. The highest BCUT2D eigenvalue weighted by Gasteiger charge is 2.30. The van der Waals surface area contributed by atoms with Gasteiger partial charge in [-0.15, -0.1) is 0 Å². The fraction of sp³-hybridized carbons (Fsp3) is 1.00. The van der Waals surface area contributed by atoms with Crippen LogP contribution in [0.25, 0.3) is 0 Å². The number of rotatable bonds is 5. The van der Waals surface area contributed by atoms with Gasteiger partial charge in [0.1, 0.15) is 0 Å². The van der Waals surface area contributed by atoms with Gasteiger partial charge in [0.15, 0.2) is 0 Å². The van der Waals surface area contributed by atoms with Crippen molar-refractivity contribution in [2.24, 2.45) is 11.8 Å². The van der Waals surface area contributed by atoms with E-state index >= 15 is 0 Å². The lowest BCUT2D eigenvalue weighted by molar-refractivity contribution is 0.0459. The lowest BCUT2D eigenvalue weighted by Crippen LogP contribution is -2.39. The molecule has 0 heterocycles. The summed E-state index contributed by atoms with van der Waals surface area (Å²) in [5, 5.41) is 3.40. The molecule has 0 saturated heterocycles. The zero-order valence-corrected chi connectivity index (χ0v) is 10.0. The Morgan fingerprint density at radius 3 is 2.50 bits per heavy atom. The largest absolute Gasteiger partial charge is 0.377 e. The van der Waals surface area contributed by atoms with Gasteiger partial charge in [0.2, 0.25) is 0 Å². The van der Waals surface area contributed by atoms with E-state index in [9.17, 15) is 0 Å². The highest BCUT2D eigenvalue weighted by Crippen LogP contribution is 2.33. The molecule has 84 valence electrons. The van der Waals surface area contributed by atoms with E-state index in [0.29, 0.717) is 12.1 Å². The first-order chi connectivity index (χ1) is 6.65. The molecule has 0 aromatic carbocycles. The highest BCUT2D eigenvalue weighted by molar-refractivity contribution is 4.84. The van der Waals surface area contributed by atoms with Crippen molar-refractivity contribution in [3.05, 3.63) is 0 Å². The van der Waals surface area contributed by atoms with Crippen LogP contribution in [-0.4, -0.2) is 25.8 Å². The van der Waals surface area contributed by atoms with Crippen LogP contribution < -0.4 is 5.32 Å². The molecule has 1 N–H and O–H groups in total. The quantitative estimate of drug-likeness (QED) is 0.734. The van der Waals surface area contributed by atoms with E-state index in [0.717, 1.165) is 18.4 Å². The van der Waals surface area contributed by atoms with E-state index in [4.69, 9.17) is 4.74 Å². The topological polar surface area (TPSA) is 21.3 Å². The highest BCUT2D eigenvalue weighted by atomic mass is 16.5. The average Bonchev–Trinajstić information content (AvgIpc) is 2.53. The minimum Gasteiger partial charge on any atom is -0.377 e. The van der Waals surface area contributed by atoms with Gasteiger partial charge in [0, 0.05) is 6.04 Å². The maximum Gasteiger partial charge on any atom is 0.0625 e. The summed E-state index contributed by atoms with van der Waals surface area (Å²) < 4.78 is 5.69. The molecule has 2 heteroatoms. The summed E-state index contributed by atoms with van der Waals surface area (Å²) in [5.74, 6) is 1.68. The van der Waals surface area contributed by atoms with Gasteiger partial charge in [-0.1, -0.05) is 19.8 Å². The predicted molar refractivity (Wildman–Crippen MR) is 60.4 cm³/mol. The smallest absolute Gasteiger partial charge is 0.0625 e. The summed E-state index contributed by atoms with van der Waals surface area (Å²) in [5.41, 5.74) is 0. The Morgan fingerprint density at radius 1 is 1.36 bits per heavy atom. The third-order valence-corrected chi connectivity index (χ3v) is 3.42. The second-order valence-electron chi connectivity index (χ2n) is 4.85. The fourth-order valence-corrected chi connectivity index (χ4v) is 2.49. The Hall–Kier alpha value is -0.0800. The van der Waals surface area contributed by atoms with E-state index in [2.05, 4.69) is 33.1 Å². The van der Waals surface area contributed by atoms with Crippen LogP contribution in [0.2, 0.25) is 0 Å². The van der Waals surface area contributed by atoms with Gasteiger partial charge in [-0.3, -0.25) is 0 Å². The van der Waals surface area contributed by atoms with Crippen molar-refractivity contribution in [2.75, 3.05) is 13.7 Å². The Bertz CT molecular complexity index is 158. The molecule has 0 aromatic heterocycles. The van der Waals surface area contributed by atoms with Gasteiger partial charge in [0.25, 0.3) is 0 Å². The predicted octanol–water partition coefficient (Wildman–Crippen LogP) is 2.44. The molecule has 0 radical (unpaired) electrons. The van der Waals surface area contributed by atoms with Crippen molar-refractivity contribution in [3.8, 4) is 0 Å². The molecule has 3 unspecified atom stereocenters. The first-order valence-corrected chi connectivity index (χ1v) is 5.94. The molecule has 0 spiro atoms. The van der Waals surface area contributed by atoms with E-state index in [1.807, 2.05) is 0 Å². The second-order valence-corrected chi connectivity index (χ2v) is 4.85. The van der Waals surface area contributed by atoms with Gasteiger partial charge in [-0.2, -0.15) is 0 Å². The molecule has 1 fully saturated rings. The Morgan fingerprint density at radius 2 is 2.07 bits per heavy atom. The Balaban J connectivity index is 2.36. The maximum absolute atomic E-state index is 5.69. The molecule has 0 bridgehead atoms. The van der Waals surface area contributed by atoms with Crippen molar-refractivity contribution < 1.29 is 4.74 Å². The van der Waals surface area contributed by atoms with Crippen molar-refractivity contribution in [1.82, 2.24) is 5.32 Å². The van der Waals surface area contributed by atoms with Crippen LogP contribution in [0.15, 0.2) is 0 Å². The summed E-state index contributed by atoms with van der Waals surface area (Å²) in [6.45, 7) is 7.44. The summed E-state index contributed by atoms with van der Waals surface area (Å²) in [6, 6.07) is 0.551. The molecule has 14 heavy (non-hydrogen) atoms. The van der Waals surface area contributed by atoms with Gasteiger partial charge < -0.3 is 10.1 Å². The first kappa shape index (κ1) is 12.0. The third-order valence-electron chi connectivity index (χ3n) is 3.42. The first-order valence-electron chi connectivity index (χ1n) is 5.94. The van der Waals surface area contributed by atoms with Crippen LogP contribution in [0.1, 0.15) is 40.0 Å². The van der Waals surface area contributed by atoms with Crippen LogP contribution in [0.5, 0.6) is 0 Å². The number of likely N-dealkylation sites (N-methyl/N-ethyl adjacent to an activating group) is 1. The van der Waals surface area contributed by atoms with E-state index in [1.165, 1.54) is 19.3 Å². The zero-order chi connectivity index (χ0) is 10.6. The molecule has 1 aliphatic rings. The van der Waals surface area contributed by atoms with Crippen LogP contribution in [-0.2, 0) is 4.74 Å². The number of hydrogen-bond donors (Lipinski definition) is 1. The Kier molecular flexibility index (Phi) is 4.90. The molecular formula is C12H25NO. The second kappa shape index (κ2) is 5.72. The molecule has 1 aliphatic carbocycles. The standard InChI is InChI=1S/C12H25NO/c1-9(2)14-8-12(13-4)11-7-5-6-10(11)3/h9-13H,5-8H2,1-4H3. The van der Waals surface area contributed by atoms with Crippen LogP contribution in [0.3, 0.4) is 0 Å². The zero-order valence-electron chi connectivity index (χ0n) is 10.0. The molecule has 1 rings (SSSR count). The van der Waals surface area contributed by atoms with Crippen LogP contribution in [0.4, 0.5) is 0 Å². The average molecular weight is 199 g/mol. The van der Waals surface area contributed by atoms with Crippen molar-refractivity contribution in [2.45, 2.75) is 52.2 Å². The number of hydrogen-bond acceptors (Lipinski definition) is 2. The number of ether oxygens (including phenoxy) is 1. The maximum atomic E-state index is 5.69. The summed E-state index contributed by atoms with van der Waals surface area (Å²) in [6.07, 6.45) is 4.51. The SMILES string of the molecule is CNC(COC(C)C)C1CCCC1C. The molecule has 0 aliphatic heterocycles. The minimum absolute atomic E-state index is 0.350. The van der Waals surface area contributed by atoms with E-state index < -0.39 is 0 Å². The summed E-state index contributed by atoms with van der Waals surface area (Å²) in [4.78, 5) is 0. The van der Waals surface area contributed by atoms with E-state index in [1.54, 1.807) is 0 Å². The third kappa shape index (κ3) is 3.25. The van der Waals surface area contributed by atoms with Crippen molar-refractivity contribution >= 4 is 0 Å². The van der Waals surface area contributed by atoms with Gasteiger partial charge in [-0.05, 0) is 39.2 Å². The van der Waals surface area contributed by atoms with E-state index in [-0.39, 0.29) is 0 Å². The monoisotopic (exact) mass is 199 g/mol. The minimum atomic E-state index is 0.350. The molecule has 0 amide bonds. The van der Waals surface area contributed by atoms with Gasteiger partial charge in [0.05, 0.1) is 12.7 Å². The van der Waals surface area contributed by atoms with Crippen LogP contribution in [0, 0.1) is 11.8 Å². The number of nitrogens with one attached hydrogen (secondary N) is 1. The van der Waals surface area contributed by atoms with Gasteiger partial charge in [-0.25, -0.2) is 0 Å². The van der Waals surface area contributed by atoms with Crippen molar-refractivity contribution in [1.29, 1.82) is 0 Å². The van der Waals surface area contributed by atoms with Crippen molar-refractivity contribution in [3.63, 3.8) is 0 Å². The molecule has 1 saturated carbocycles.